The van der Waals surface area contributed by atoms with Gasteiger partial charge in [0.1, 0.15) is 12.4 Å². The van der Waals surface area contributed by atoms with E-state index in [4.69, 9.17) is 4.74 Å². The van der Waals surface area contributed by atoms with Crippen molar-refractivity contribution in [1.82, 2.24) is 14.9 Å². The second kappa shape index (κ2) is 10.5. The Morgan fingerprint density at radius 3 is 2.49 bits per heavy atom. The van der Waals surface area contributed by atoms with Crippen molar-refractivity contribution in [1.29, 1.82) is 0 Å². The molecule has 6 rings (SSSR count). The first-order chi connectivity index (χ1) is 20.2. The maximum absolute atomic E-state index is 15.0. The van der Waals surface area contributed by atoms with Gasteiger partial charge >= 0.3 is 6.18 Å². The third-order valence-corrected chi connectivity index (χ3v) is 9.70. The van der Waals surface area contributed by atoms with Crippen LogP contribution in [0.5, 0.6) is 5.88 Å². The summed E-state index contributed by atoms with van der Waals surface area (Å²) in [7, 11) is -4.42. The van der Waals surface area contributed by atoms with Crippen LogP contribution in [0.3, 0.4) is 0 Å². The van der Waals surface area contributed by atoms with Crippen molar-refractivity contribution in [2.24, 2.45) is 11.3 Å². The Kier molecular flexibility index (Phi) is 7.14. The minimum atomic E-state index is -4.92. The number of rotatable bonds is 4. The Morgan fingerprint density at radius 1 is 1.09 bits per heavy atom. The van der Waals surface area contributed by atoms with E-state index in [2.05, 4.69) is 14.7 Å². The number of fused-ring (bicyclic) bond motifs is 4. The van der Waals surface area contributed by atoms with Crippen LogP contribution in [0.1, 0.15) is 61.9 Å². The first-order valence-corrected chi connectivity index (χ1v) is 15.6. The van der Waals surface area contributed by atoms with Gasteiger partial charge in [0, 0.05) is 23.2 Å². The SMILES string of the molecule is CC(C)C[C@@H]1COc2cc(-c3c(F)cccc3C(F)(F)F)nc(n2)NS(=O)(=O)c2cccc(c2)C(=O)N1C1CC2(CC2)C1. The molecule has 1 atom stereocenters. The maximum Gasteiger partial charge on any atom is 0.417 e. The molecule has 2 heterocycles. The van der Waals surface area contributed by atoms with Crippen LogP contribution in [0.2, 0.25) is 0 Å². The van der Waals surface area contributed by atoms with Gasteiger partial charge in [-0.15, -0.1) is 0 Å². The number of nitrogens with one attached hydrogen (secondary N) is 1. The summed E-state index contributed by atoms with van der Waals surface area (Å²) in [4.78, 5) is 23.7. The molecule has 1 N–H and O–H groups in total. The second-order valence-electron chi connectivity index (χ2n) is 12.1. The fraction of sp³-hybridized carbons (Fsp3) is 0.433. The number of halogens is 4. The van der Waals surface area contributed by atoms with E-state index < -0.39 is 50.8 Å². The molecule has 2 saturated carbocycles. The first-order valence-electron chi connectivity index (χ1n) is 14.1. The zero-order valence-corrected chi connectivity index (χ0v) is 24.3. The molecule has 1 spiro atoms. The molecule has 13 heteroatoms. The Hall–Kier alpha value is -3.74. The van der Waals surface area contributed by atoms with Crippen LogP contribution in [0.4, 0.5) is 23.5 Å². The van der Waals surface area contributed by atoms with Crippen LogP contribution in [0, 0.1) is 17.2 Å². The number of sulfonamides is 1. The van der Waals surface area contributed by atoms with Gasteiger partial charge in [-0.3, -0.25) is 4.79 Å². The van der Waals surface area contributed by atoms with Gasteiger partial charge in [0.15, 0.2) is 0 Å². The van der Waals surface area contributed by atoms with Gasteiger partial charge in [-0.05, 0) is 73.8 Å². The maximum atomic E-state index is 15.0. The van der Waals surface area contributed by atoms with Crippen LogP contribution in [-0.4, -0.2) is 47.9 Å². The van der Waals surface area contributed by atoms with Crippen LogP contribution >= 0.6 is 0 Å². The predicted octanol–water partition coefficient (Wildman–Crippen LogP) is 6.29. The van der Waals surface area contributed by atoms with Crippen LogP contribution < -0.4 is 9.46 Å². The summed E-state index contributed by atoms with van der Waals surface area (Å²) < 4.78 is 91.6. The van der Waals surface area contributed by atoms with E-state index in [1.165, 1.54) is 18.2 Å². The summed E-state index contributed by atoms with van der Waals surface area (Å²) in [5.41, 5.74) is -2.22. The van der Waals surface area contributed by atoms with E-state index in [0.29, 0.717) is 12.5 Å². The van der Waals surface area contributed by atoms with E-state index in [9.17, 15) is 30.8 Å². The normalized spacial score (nSPS) is 21.2. The molecular weight excluding hydrogens is 588 g/mol. The van der Waals surface area contributed by atoms with Gasteiger partial charge in [0.25, 0.3) is 15.9 Å². The number of carbonyl (C=O) groups is 1. The quantitative estimate of drug-likeness (QED) is 0.345. The molecule has 228 valence electrons. The van der Waals surface area contributed by atoms with Crippen molar-refractivity contribution in [2.45, 2.75) is 69.1 Å². The Labute approximate surface area is 246 Å². The third-order valence-electron chi connectivity index (χ3n) is 8.38. The van der Waals surface area contributed by atoms with Gasteiger partial charge in [-0.1, -0.05) is 26.0 Å². The summed E-state index contributed by atoms with van der Waals surface area (Å²) >= 11 is 0. The van der Waals surface area contributed by atoms with Gasteiger partial charge in [0.05, 0.1) is 22.2 Å². The largest absolute Gasteiger partial charge is 0.475 e. The average molecular weight is 619 g/mol. The lowest BCUT2D eigenvalue weighted by molar-refractivity contribution is -0.137. The monoisotopic (exact) mass is 618 g/mol. The van der Waals surface area contributed by atoms with Crippen LogP contribution in [0.25, 0.3) is 11.3 Å². The number of amides is 1. The van der Waals surface area contributed by atoms with Crippen molar-refractivity contribution in [2.75, 3.05) is 11.3 Å². The molecule has 2 aromatic carbocycles. The topological polar surface area (TPSA) is 101 Å². The average Bonchev–Trinajstić information content (AvgIpc) is 3.71. The second-order valence-corrected chi connectivity index (χ2v) is 13.8. The molecule has 0 unspecified atom stereocenters. The van der Waals surface area contributed by atoms with E-state index in [0.717, 1.165) is 43.9 Å². The van der Waals surface area contributed by atoms with Gasteiger partial charge in [-0.2, -0.15) is 18.2 Å². The fourth-order valence-corrected chi connectivity index (χ4v) is 7.15. The highest BCUT2D eigenvalue weighted by molar-refractivity contribution is 7.92. The van der Waals surface area contributed by atoms with Gasteiger partial charge in [-0.25, -0.2) is 22.5 Å². The number of anilines is 1. The van der Waals surface area contributed by atoms with Crippen LogP contribution in [-0.2, 0) is 16.2 Å². The zero-order chi connectivity index (χ0) is 30.7. The summed E-state index contributed by atoms with van der Waals surface area (Å²) in [6.45, 7) is 3.93. The molecule has 2 aliphatic carbocycles. The van der Waals surface area contributed by atoms with Crippen molar-refractivity contribution in [3.8, 4) is 17.1 Å². The lowest BCUT2D eigenvalue weighted by Crippen LogP contribution is -2.55. The van der Waals surface area contributed by atoms with Crippen LogP contribution in [0.15, 0.2) is 53.4 Å². The van der Waals surface area contributed by atoms with Crippen molar-refractivity contribution < 1.29 is 35.5 Å². The zero-order valence-electron chi connectivity index (χ0n) is 23.5. The van der Waals surface area contributed by atoms with Crippen molar-refractivity contribution >= 4 is 21.9 Å². The molecule has 0 saturated heterocycles. The minimum absolute atomic E-state index is 0.0703. The predicted molar refractivity (Wildman–Crippen MR) is 149 cm³/mol. The molecular formula is C30H30F4N4O4S. The third kappa shape index (κ3) is 5.78. The smallest absolute Gasteiger partial charge is 0.417 e. The highest BCUT2D eigenvalue weighted by Gasteiger charge is 2.56. The van der Waals surface area contributed by atoms with E-state index in [1.807, 2.05) is 13.8 Å². The number of benzene rings is 2. The Morgan fingerprint density at radius 2 is 1.81 bits per heavy atom. The number of alkyl halides is 3. The standard InChI is InChI=1S/C30H30F4N4O4S/c1-17(2)11-19-16-42-25-13-24(26-22(30(32,33)34)7-4-8-23(26)31)35-28(36-25)37-43(40,41)21-6-3-5-18(12-21)27(39)38(19)20-14-29(15-20)9-10-29/h3-8,12-13,17,19-20H,9-11,14-16H2,1-2H3,(H,35,36,37)/t19-/m1/s1. The fourth-order valence-electron chi connectivity index (χ4n) is 6.16. The molecule has 1 aliphatic heterocycles. The number of nitrogens with zero attached hydrogens (tertiary/aromatic N) is 3. The molecule has 43 heavy (non-hydrogen) atoms. The number of hydrogen-bond acceptors (Lipinski definition) is 6. The molecule has 0 radical (unpaired) electrons. The molecule has 2 fully saturated rings. The van der Waals surface area contributed by atoms with E-state index >= 15 is 0 Å². The molecule has 1 aromatic heterocycles. The minimum Gasteiger partial charge on any atom is -0.475 e. The number of carbonyl (C=O) groups excluding carboxylic acids is 1. The Bertz CT molecular complexity index is 1680. The van der Waals surface area contributed by atoms with E-state index in [1.54, 1.807) is 11.0 Å². The lowest BCUT2D eigenvalue weighted by Gasteiger charge is -2.47. The summed E-state index contributed by atoms with van der Waals surface area (Å²) in [6.07, 6.45) is -0.489. The first kappa shape index (κ1) is 29.3. The molecule has 4 bridgehead atoms. The number of aromatic nitrogens is 2. The lowest BCUT2D eigenvalue weighted by atomic mass is 9.75. The molecule has 3 aliphatic rings. The van der Waals surface area contributed by atoms with Gasteiger partial charge < -0.3 is 9.64 Å². The molecule has 1 amide bonds. The molecule has 3 aromatic rings. The summed E-state index contributed by atoms with van der Waals surface area (Å²) in [6, 6.07) is 8.58. The van der Waals surface area contributed by atoms with E-state index in [-0.39, 0.29) is 46.2 Å². The summed E-state index contributed by atoms with van der Waals surface area (Å²) in [5.74, 6) is -2.25. The summed E-state index contributed by atoms with van der Waals surface area (Å²) in [5, 5.41) is 0. The number of hydrogen-bond donors (Lipinski definition) is 1. The van der Waals surface area contributed by atoms with Crippen molar-refractivity contribution in [3.63, 3.8) is 0 Å². The Balaban J connectivity index is 1.49. The number of ether oxygens (including phenoxy) is 1. The van der Waals surface area contributed by atoms with Gasteiger partial charge in [0.2, 0.25) is 11.8 Å². The highest BCUT2D eigenvalue weighted by atomic mass is 32.2. The molecule has 8 nitrogen and oxygen atoms in total. The van der Waals surface area contributed by atoms with Crippen molar-refractivity contribution in [3.05, 3.63) is 65.5 Å². The highest BCUT2D eigenvalue weighted by Crippen LogP contribution is 2.62.